The average Bonchev–Trinajstić information content (AvgIpc) is 3.03. The van der Waals surface area contributed by atoms with E-state index in [2.05, 4.69) is 20.5 Å². The Kier molecular flexibility index (Phi) is 2.24. The summed E-state index contributed by atoms with van der Waals surface area (Å²) in [7, 11) is 0. The van der Waals surface area contributed by atoms with Crippen LogP contribution >= 0.6 is 11.8 Å². The summed E-state index contributed by atoms with van der Waals surface area (Å²) in [5.74, 6) is 0. The van der Waals surface area contributed by atoms with Gasteiger partial charge in [-0.15, -0.1) is 5.10 Å². The van der Waals surface area contributed by atoms with E-state index in [1.165, 1.54) is 11.8 Å². The predicted molar refractivity (Wildman–Crippen MR) is 58.9 cm³/mol. The molecule has 1 aliphatic rings. The Labute approximate surface area is 96.2 Å². The number of hydrogen-bond acceptors (Lipinski definition) is 6. The van der Waals surface area contributed by atoms with Crippen molar-refractivity contribution < 1.29 is 0 Å². The molecule has 0 bridgehead atoms. The maximum Gasteiger partial charge on any atom is 0.215 e. The number of pyridine rings is 1. The lowest BCUT2D eigenvalue weighted by molar-refractivity contribution is 0.565. The maximum atomic E-state index is 5.57. The molecule has 0 aromatic carbocycles. The maximum absolute atomic E-state index is 5.57. The van der Waals surface area contributed by atoms with Crippen molar-refractivity contribution in [2.45, 2.75) is 29.1 Å². The number of nitrogens with zero attached hydrogens (tertiary/aromatic N) is 5. The molecule has 0 amide bonds. The second kappa shape index (κ2) is 3.75. The van der Waals surface area contributed by atoms with Gasteiger partial charge in [0, 0.05) is 0 Å². The molecule has 1 aliphatic carbocycles. The fraction of sp³-hybridized carbons (Fsp3) is 0.333. The van der Waals surface area contributed by atoms with Crippen molar-refractivity contribution in [3.8, 4) is 0 Å². The van der Waals surface area contributed by atoms with Gasteiger partial charge in [0.05, 0.1) is 17.9 Å². The van der Waals surface area contributed by atoms with E-state index in [1.54, 1.807) is 6.20 Å². The molecule has 0 unspecified atom stereocenters. The van der Waals surface area contributed by atoms with Crippen molar-refractivity contribution in [2.75, 3.05) is 5.73 Å². The highest BCUT2D eigenvalue weighted by Gasteiger charge is 2.28. The largest absolute Gasteiger partial charge is 0.397 e. The minimum absolute atomic E-state index is 0.478. The first-order chi connectivity index (χ1) is 7.83. The summed E-state index contributed by atoms with van der Waals surface area (Å²) >= 11 is 1.46. The Hall–Kier alpha value is -1.63. The van der Waals surface area contributed by atoms with E-state index in [9.17, 15) is 0 Å². The minimum atomic E-state index is 0.478. The van der Waals surface area contributed by atoms with E-state index in [0.29, 0.717) is 11.7 Å². The van der Waals surface area contributed by atoms with Crippen LogP contribution in [-0.2, 0) is 0 Å². The Morgan fingerprint density at radius 2 is 2.25 bits per heavy atom. The minimum Gasteiger partial charge on any atom is -0.397 e. The predicted octanol–water partition coefficient (Wildman–Crippen LogP) is 1.14. The Balaban J connectivity index is 1.82. The molecule has 0 atom stereocenters. The van der Waals surface area contributed by atoms with Crippen LogP contribution in [-0.4, -0.2) is 25.2 Å². The molecule has 1 saturated carbocycles. The molecule has 6 nitrogen and oxygen atoms in total. The Morgan fingerprint density at radius 3 is 2.94 bits per heavy atom. The van der Waals surface area contributed by atoms with Crippen LogP contribution in [0.15, 0.2) is 28.5 Å². The molecule has 2 aromatic rings. The van der Waals surface area contributed by atoms with E-state index in [-0.39, 0.29) is 0 Å². The lowest BCUT2D eigenvalue weighted by Crippen LogP contribution is -1.98. The highest BCUT2D eigenvalue weighted by molar-refractivity contribution is 7.99. The third kappa shape index (κ3) is 1.85. The van der Waals surface area contributed by atoms with E-state index < -0.39 is 0 Å². The van der Waals surface area contributed by atoms with Crippen molar-refractivity contribution in [3.05, 3.63) is 18.3 Å². The number of aromatic nitrogens is 5. The number of nitrogen functional groups attached to an aromatic ring is 1. The van der Waals surface area contributed by atoms with Gasteiger partial charge in [-0.25, -0.2) is 9.67 Å². The van der Waals surface area contributed by atoms with Gasteiger partial charge < -0.3 is 5.73 Å². The molecular weight excluding hydrogens is 224 g/mol. The quantitative estimate of drug-likeness (QED) is 0.857. The summed E-state index contributed by atoms with van der Waals surface area (Å²) in [6.45, 7) is 0. The molecule has 82 valence electrons. The van der Waals surface area contributed by atoms with Gasteiger partial charge in [0.25, 0.3) is 0 Å². The summed E-state index contributed by atoms with van der Waals surface area (Å²) in [6, 6.07) is 4.17. The van der Waals surface area contributed by atoms with E-state index in [0.717, 1.165) is 23.0 Å². The molecule has 2 heterocycles. The summed E-state index contributed by atoms with van der Waals surface area (Å²) < 4.78 is 1.86. The average molecular weight is 234 g/mol. The molecule has 1 fully saturated rings. The van der Waals surface area contributed by atoms with Crippen LogP contribution in [0.4, 0.5) is 5.69 Å². The lowest BCUT2D eigenvalue weighted by Gasteiger charge is -2.01. The first kappa shape index (κ1) is 9.59. The molecule has 0 spiro atoms. The highest BCUT2D eigenvalue weighted by Crippen LogP contribution is 2.37. The van der Waals surface area contributed by atoms with Gasteiger partial charge in [0.2, 0.25) is 5.16 Å². The van der Waals surface area contributed by atoms with Crippen molar-refractivity contribution in [1.29, 1.82) is 0 Å². The number of rotatable bonds is 3. The molecule has 2 aromatic heterocycles. The fourth-order valence-electron chi connectivity index (χ4n) is 1.35. The summed E-state index contributed by atoms with van der Waals surface area (Å²) in [5, 5.41) is 13.3. The van der Waals surface area contributed by atoms with Crippen molar-refractivity contribution in [1.82, 2.24) is 25.2 Å². The third-order valence-electron chi connectivity index (χ3n) is 2.31. The first-order valence-electron chi connectivity index (χ1n) is 5.00. The molecular formula is C9H10N6S. The van der Waals surface area contributed by atoms with E-state index in [4.69, 9.17) is 5.73 Å². The SMILES string of the molecule is Nc1ccc(Sc2nnnn2C2CC2)nc1. The number of tetrazole rings is 1. The van der Waals surface area contributed by atoms with Crippen molar-refractivity contribution >= 4 is 17.4 Å². The van der Waals surface area contributed by atoms with Crippen molar-refractivity contribution in [3.63, 3.8) is 0 Å². The second-order valence-corrected chi connectivity index (χ2v) is 4.66. The highest BCUT2D eigenvalue weighted by atomic mass is 32.2. The van der Waals surface area contributed by atoms with Gasteiger partial charge in [-0.3, -0.25) is 0 Å². The Bertz CT molecular complexity index is 489. The van der Waals surface area contributed by atoms with Gasteiger partial charge in [-0.05, 0) is 47.2 Å². The smallest absolute Gasteiger partial charge is 0.215 e. The van der Waals surface area contributed by atoms with Crippen LogP contribution in [0, 0.1) is 0 Å². The topological polar surface area (TPSA) is 82.5 Å². The van der Waals surface area contributed by atoms with E-state index >= 15 is 0 Å². The normalized spacial score (nSPS) is 15.2. The monoisotopic (exact) mass is 234 g/mol. The van der Waals surface area contributed by atoms with Gasteiger partial charge in [-0.1, -0.05) is 0 Å². The van der Waals surface area contributed by atoms with Crippen LogP contribution in [0.5, 0.6) is 0 Å². The zero-order valence-corrected chi connectivity index (χ0v) is 9.26. The first-order valence-corrected chi connectivity index (χ1v) is 5.82. The van der Waals surface area contributed by atoms with Gasteiger partial charge in [0.15, 0.2) is 0 Å². The summed E-state index contributed by atoms with van der Waals surface area (Å²) in [4.78, 5) is 4.20. The Morgan fingerprint density at radius 1 is 1.38 bits per heavy atom. The zero-order chi connectivity index (χ0) is 11.0. The van der Waals surface area contributed by atoms with Crippen LogP contribution < -0.4 is 5.73 Å². The molecule has 0 saturated heterocycles. The van der Waals surface area contributed by atoms with Crippen LogP contribution in [0.3, 0.4) is 0 Å². The van der Waals surface area contributed by atoms with Crippen molar-refractivity contribution in [2.24, 2.45) is 0 Å². The van der Waals surface area contributed by atoms with E-state index in [1.807, 2.05) is 16.8 Å². The van der Waals surface area contributed by atoms with Gasteiger partial charge in [-0.2, -0.15) is 0 Å². The van der Waals surface area contributed by atoms with Crippen LogP contribution in [0.25, 0.3) is 0 Å². The lowest BCUT2D eigenvalue weighted by atomic mass is 10.4. The number of anilines is 1. The number of hydrogen-bond donors (Lipinski definition) is 1. The third-order valence-corrected chi connectivity index (χ3v) is 3.21. The number of nitrogens with two attached hydrogens (primary N) is 1. The molecule has 7 heteroatoms. The van der Waals surface area contributed by atoms with Crippen LogP contribution in [0.2, 0.25) is 0 Å². The summed E-state index contributed by atoms with van der Waals surface area (Å²) in [5.41, 5.74) is 6.23. The second-order valence-electron chi connectivity index (χ2n) is 3.67. The van der Waals surface area contributed by atoms with Crippen LogP contribution in [0.1, 0.15) is 18.9 Å². The van der Waals surface area contributed by atoms with Gasteiger partial charge in [0.1, 0.15) is 5.03 Å². The standard InChI is InChI=1S/C9H10N6S/c10-6-1-4-8(11-5-6)16-9-12-13-14-15(9)7-2-3-7/h1,4-5,7H,2-3,10H2. The molecule has 2 N–H and O–H groups in total. The molecule has 16 heavy (non-hydrogen) atoms. The molecule has 0 aliphatic heterocycles. The van der Waals surface area contributed by atoms with Gasteiger partial charge >= 0.3 is 0 Å². The molecule has 0 radical (unpaired) electrons. The zero-order valence-electron chi connectivity index (χ0n) is 8.45. The fourth-order valence-corrected chi connectivity index (χ4v) is 2.13. The molecule has 3 rings (SSSR count). The summed E-state index contributed by atoms with van der Waals surface area (Å²) in [6.07, 6.45) is 3.95.